The van der Waals surface area contributed by atoms with E-state index in [4.69, 9.17) is 37.1 Å². The van der Waals surface area contributed by atoms with Crippen molar-refractivity contribution in [2.75, 3.05) is 26.3 Å². The lowest BCUT2D eigenvalue weighted by atomic mass is 9.72. The molecule has 2 aliphatic heterocycles. The third kappa shape index (κ3) is 4.81. The maximum Gasteiger partial charge on any atom is 0.410 e. The van der Waals surface area contributed by atoms with Gasteiger partial charge in [0, 0.05) is 37.3 Å². The van der Waals surface area contributed by atoms with Crippen LogP contribution in [-0.2, 0) is 15.4 Å². The molecule has 1 aromatic heterocycles. The molecule has 2 fully saturated rings. The Morgan fingerprint density at radius 1 is 1.18 bits per heavy atom. The van der Waals surface area contributed by atoms with Crippen LogP contribution in [0, 0.1) is 5.41 Å². The van der Waals surface area contributed by atoms with Gasteiger partial charge in [0.25, 0.3) is 5.89 Å². The van der Waals surface area contributed by atoms with Crippen molar-refractivity contribution in [3.63, 3.8) is 0 Å². The number of hydrogen-bond acceptors (Lipinski definition) is 6. The molecule has 4 rings (SSSR count). The highest BCUT2D eigenvalue weighted by Crippen LogP contribution is 2.50. The molecular weight excluding hydrogens is 479 g/mol. The normalized spacial score (nSPS) is 20.9. The van der Waals surface area contributed by atoms with Crippen LogP contribution in [0.15, 0.2) is 22.6 Å². The highest BCUT2D eigenvalue weighted by molar-refractivity contribution is 6.42. The van der Waals surface area contributed by atoms with Gasteiger partial charge in [-0.25, -0.2) is 4.79 Å². The number of likely N-dealkylation sites (tertiary alicyclic amines) is 1. The van der Waals surface area contributed by atoms with Crippen molar-refractivity contribution in [3.05, 3.63) is 45.6 Å². The Hall–Kier alpha value is -1.97. The largest absolute Gasteiger partial charge is 0.444 e. The van der Waals surface area contributed by atoms with E-state index in [0.29, 0.717) is 32.6 Å². The summed E-state index contributed by atoms with van der Waals surface area (Å²) < 4.78 is 46.8. The Balaban J connectivity index is 1.63. The summed E-state index contributed by atoms with van der Waals surface area (Å²) in [4.78, 5) is 14.3. The molecule has 2 aliphatic rings. The summed E-state index contributed by atoms with van der Waals surface area (Å²) in [5.41, 5.74) is -1.48. The van der Waals surface area contributed by atoms with Gasteiger partial charge in [-0.1, -0.05) is 29.3 Å². The molecular formula is C22H25Cl2F2N3O4. The molecule has 1 amide bonds. The van der Waals surface area contributed by atoms with Gasteiger partial charge in [0.05, 0.1) is 16.0 Å². The van der Waals surface area contributed by atoms with Gasteiger partial charge in [-0.3, -0.25) is 0 Å². The molecule has 1 unspecified atom stereocenters. The number of benzene rings is 1. The van der Waals surface area contributed by atoms with E-state index in [1.54, 1.807) is 25.7 Å². The molecule has 0 radical (unpaired) electrons. The molecule has 3 heterocycles. The van der Waals surface area contributed by atoms with Gasteiger partial charge in [0.1, 0.15) is 5.60 Å². The lowest BCUT2D eigenvalue weighted by molar-refractivity contribution is -0.00136. The second-order valence-corrected chi connectivity index (χ2v) is 10.4. The number of rotatable bonds is 3. The van der Waals surface area contributed by atoms with Gasteiger partial charge in [0.2, 0.25) is 5.89 Å². The average Bonchev–Trinajstić information content (AvgIpc) is 3.35. The molecule has 0 bridgehead atoms. The monoisotopic (exact) mass is 503 g/mol. The van der Waals surface area contributed by atoms with Crippen LogP contribution in [0.4, 0.5) is 13.6 Å². The quantitative estimate of drug-likeness (QED) is 0.538. The van der Waals surface area contributed by atoms with E-state index in [1.165, 1.54) is 6.07 Å². The zero-order valence-electron chi connectivity index (χ0n) is 18.5. The third-order valence-electron chi connectivity index (χ3n) is 6.08. The van der Waals surface area contributed by atoms with Crippen molar-refractivity contribution in [1.82, 2.24) is 15.1 Å². The van der Waals surface area contributed by atoms with Crippen LogP contribution in [0.5, 0.6) is 0 Å². The van der Waals surface area contributed by atoms with Crippen molar-refractivity contribution in [2.24, 2.45) is 5.41 Å². The van der Waals surface area contributed by atoms with E-state index in [-0.39, 0.29) is 22.5 Å². The van der Waals surface area contributed by atoms with Crippen molar-refractivity contribution in [3.8, 4) is 0 Å². The first-order valence-corrected chi connectivity index (χ1v) is 11.4. The average molecular weight is 504 g/mol. The molecule has 1 aromatic carbocycles. The van der Waals surface area contributed by atoms with Crippen molar-refractivity contribution in [2.45, 2.75) is 51.1 Å². The predicted molar refractivity (Wildman–Crippen MR) is 117 cm³/mol. The first-order chi connectivity index (χ1) is 15.4. The minimum atomic E-state index is -3.56. The summed E-state index contributed by atoms with van der Waals surface area (Å²) in [5.74, 6) is -4.75. The number of aromatic nitrogens is 2. The summed E-state index contributed by atoms with van der Waals surface area (Å²) in [6, 6.07) is 3.53. The second kappa shape index (κ2) is 8.67. The molecule has 1 atom stereocenters. The summed E-state index contributed by atoms with van der Waals surface area (Å²) in [6.45, 7) is 7.00. The van der Waals surface area contributed by atoms with Crippen molar-refractivity contribution in [1.29, 1.82) is 0 Å². The smallest absolute Gasteiger partial charge is 0.410 e. The molecule has 0 N–H and O–H groups in total. The van der Waals surface area contributed by atoms with Gasteiger partial charge in [-0.2, -0.15) is 8.78 Å². The van der Waals surface area contributed by atoms with Crippen LogP contribution in [0.1, 0.15) is 56.9 Å². The van der Waals surface area contributed by atoms with E-state index in [0.717, 1.165) is 12.1 Å². The van der Waals surface area contributed by atoms with Gasteiger partial charge in [-0.15, -0.1) is 10.2 Å². The molecule has 7 nitrogen and oxygen atoms in total. The Morgan fingerprint density at radius 3 is 2.52 bits per heavy atom. The maximum atomic E-state index is 15.1. The Morgan fingerprint density at radius 2 is 1.88 bits per heavy atom. The number of carbonyl (C=O) groups excluding carboxylic acids is 1. The van der Waals surface area contributed by atoms with Gasteiger partial charge in [0.15, 0.2) is 0 Å². The zero-order chi connectivity index (χ0) is 24.0. The number of ether oxygens (including phenoxy) is 2. The van der Waals surface area contributed by atoms with E-state index < -0.39 is 40.4 Å². The van der Waals surface area contributed by atoms with Crippen LogP contribution in [0.3, 0.4) is 0 Å². The number of amides is 1. The predicted octanol–water partition coefficient (Wildman–Crippen LogP) is 5.65. The number of halogens is 4. The highest BCUT2D eigenvalue weighted by Gasteiger charge is 2.53. The van der Waals surface area contributed by atoms with Gasteiger partial charge in [-0.05, 0) is 45.7 Å². The summed E-state index contributed by atoms with van der Waals surface area (Å²) in [5, 5.41) is 7.79. The van der Waals surface area contributed by atoms with Crippen LogP contribution in [0.25, 0.3) is 0 Å². The fourth-order valence-corrected chi connectivity index (χ4v) is 4.67. The molecule has 2 saturated heterocycles. The minimum absolute atomic E-state index is 0.00136. The first-order valence-electron chi connectivity index (χ1n) is 10.6. The van der Waals surface area contributed by atoms with E-state index in [2.05, 4.69) is 10.2 Å². The van der Waals surface area contributed by atoms with E-state index in [1.807, 2.05) is 0 Å². The lowest BCUT2D eigenvalue weighted by Gasteiger charge is -2.36. The summed E-state index contributed by atoms with van der Waals surface area (Å²) in [6.07, 6.45) is 0.812. The molecule has 2 aromatic rings. The summed E-state index contributed by atoms with van der Waals surface area (Å²) >= 11 is 11.8. The topological polar surface area (TPSA) is 77.7 Å². The number of hydrogen-bond donors (Lipinski definition) is 0. The SMILES string of the molecule is CC(C)(C)OC(=O)N1CC(c2nnc(C(F)(F)c3ccc(Cl)c(Cl)c3)o2)C2(CCOCC2)C1. The van der Waals surface area contributed by atoms with Crippen molar-refractivity contribution < 1.29 is 27.5 Å². The standard InChI is InChI=1S/C22H25Cl2F2N3O4/c1-20(2,3)33-19(30)29-11-14(21(12-29)6-8-31-9-7-21)17-27-28-18(32-17)22(25,26)13-4-5-15(23)16(24)10-13/h4-5,10,14H,6-9,11-12H2,1-3H3. The van der Waals surface area contributed by atoms with Crippen LogP contribution in [-0.4, -0.2) is 53.1 Å². The molecule has 11 heteroatoms. The van der Waals surface area contributed by atoms with Crippen LogP contribution >= 0.6 is 23.2 Å². The Labute approximate surface area is 200 Å². The maximum absolute atomic E-state index is 15.1. The van der Waals surface area contributed by atoms with Crippen LogP contribution in [0.2, 0.25) is 10.0 Å². The van der Waals surface area contributed by atoms with Crippen molar-refractivity contribution >= 4 is 29.3 Å². The zero-order valence-corrected chi connectivity index (χ0v) is 20.1. The number of carbonyl (C=O) groups is 1. The lowest BCUT2D eigenvalue weighted by Crippen LogP contribution is -2.39. The Kier molecular flexibility index (Phi) is 6.35. The molecule has 0 saturated carbocycles. The van der Waals surface area contributed by atoms with Gasteiger partial charge < -0.3 is 18.8 Å². The second-order valence-electron chi connectivity index (χ2n) is 9.54. The van der Waals surface area contributed by atoms with Crippen LogP contribution < -0.4 is 0 Å². The molecule has 0 aliphatic carbocycles. The Bertz CT molecular complexity index is 1030. The van der Waals surface area contributed by atoms with E-state index >= 15 is 8.78 Å². The number of alkyl halides is 2. The minimum Gasteiger partial charge on any atom is -0.444 e. The third-order valence-corrected chi connectivity index (χ3v) is 6.82. The van der Waals surface area contributed by atoms with E-state index in [9.17, 15) is 4.79 Å². The molecule has 1 spiro atoms. The highest BCUT2D eigenvalue weighted by atomic mass is 35.5. The fraction of sp³-hybridized carbons (Fsp3) is 0.591. The fourth-order valence-electron chi connectivity index (χ4n) is 4.38. The summed E-state index contributed by atoms with van der Waals surface area (Å²) in [7, 11) is 0. The molecule has 180 valence electrons. The molecule has 33 heavy (non-hydrogen) atoms. The number of nitrogens with zero attached hydrogens (tertiary/aromatic N) is 3. The first kappa shape index (κ1) is 24.2. The van der Waals surface area contributed by atoms with Gasteiger partial charge >= 0.3 is 12.0 Å².